The van der Waals surface area contributed by atoms with Crippen LogP contribution in [-0.2, 0) is 4.74 Å². The molecule has 1 aromatic heterocycles. The van der Waals surface area contributed by atoms with E-state index in [0.717, 1.165) is 26.3 Å². The van der Waals surface area contributed by atoms with Crippen LogP contribution in [-0.4, -0.2) is 49.7 Å². The summed E-state index contributed by atoms with van der Waals surface area (Å²) in [7, 11) is 0. The summed E-state index contributed by atoms with van der Waals surface area (Å²) in [6, 6.07) is 8.72. The summed E-state index contributed by atoms with van der Waals surface area (Å²) in [4.78, 5) is 14.6. The highest BCUT2D eigenvalue weighted by Crippen LogP contribution is 2.31. The number of hydrogen-bond donors (Lipinski definition) is 1. The van der Waals surface area contributed by atoms with E-state index in [-0.39, 0.29) is 17.7 Å². The number of carbonyl (C=O) groups excluding carboxylic acids is 1. The quantitative estimate of drug-likeness (QED) is 0.856. The molecule has 1 aliphatic rings. The molecule has 1 aromatic carbocycles. The van der Waals surface area contributed by atoms with E-state index in [1.807, 2.05) is 0 Å². The van der Waals surface area contributed by atoms with Crippen molar-refractivity contribution in [3.05, 3.63) is 46.1 Å². The highest BCUT2D eigenvalue weighted by molar-refractivity contribution is 6.35. The molecule has 0 unspecified atom stereocenters. The second kappa shape index (κ2) is 8.23. The van der Waals surface area contributed by atoms with Gasteiger partial charge in [-0.3, -0.25) is 9.69 Å². The largest absolute Gasteiger partial charge is 0.451 e. The van der Waals surface area contributed by atoms with Gasteiger partial charge in [-0.15, -0.1) is 0 Å². The molecule has 1 atom stereocenters. The Morgan fingerprint density at radius 2 is 2.00 bits per heavy atom. The number of ether oxygens (including phenoxy) is 1. The Bertz CT molecular complexity index is 742. The average molecular weight is 383 g/mol. The molecule has 1 amide bonds. The molecule has 0 spiro atoms. The summed E-state index contributed by atoms with van der Waals surface area (Å²) in [5.41, 5.74) is 0.662. The van der Waals surface area contributed by atoms with Crippen molar-refractivity contribution in [1.29, 1.82) is 0 Å². The standard InChI is InChI=1S/C18H20Cl2N2O3/c1-12(22-6-8-24-9-7-22)11-21-18(23)17-5-4-16(25-17)14-10-13(19)2-3-15(14)20/h2-5,10,12H,6-9,11H2,1H3,(H,21,23)/t12-/m0/s1. The lowest BCUT2D eigenvalue weighted by Crippen LogP contribution is -2.47. The van der Waals surface area contributed by atoms with Crippen LogP contribution in [0.1, 0.15) is 17.5 Å². The van der Waals surface area contributed by atoms with Gasteiger partial charge in [0, 0.05) is 36.3 Å². The molecule has 1 saturated heterocycles. The molecule has 1 fully saturated rings. The predicted octanol–water partition coefficient (Wildman–Crippen LogP) is 3.70. The fraction of sp³-hybridized carbons (Fsp3) is 0.389. The second-order valence-corrected chi connectivity index (χ2v) is 6.84. The minimum absolute atomic E-state index is 0.240. The van der Waals surface area contributed by atoms with Crippen LogP contribution in [0, 0.1) is 0 Å². The molecular weight excluding hydrogens is 363 g/mol. The molecule has 25 heavy (non-hydrogen) atoms. The van der Waals surface area contributed by atoms with E-state index < -0.39 is 0 Å². The van der Waals surface area contributed by atoms with E-state index in [1.165, 1.54) is 0 Å². The first-order valence-electron chi connectivity index (χ1n) is 8.20. The molecule has 7 heteroatoms. The SMILES string of the molecule is C[C@@H](CNC(=O)c1ccc(-c2cc(Cl)ccc2Cl)o1)N1CCOCC1. The molecule has 3 rings (SSSR count). The summed E-state index contributed by atoms with van der Waals surface area (Å²) in [5.74, 6) is 0.517. The molecule has 2 heterocycles. The zero-order chi connectivity index (χ0) is 17.8. The second-order valence-electron chi connectivity index (χ2n) is 6.00. The van der Waals surface area contributed by atoms with Crippen LogP contribution < -0.4 is 5.32 Å². The van der Waals surface area contributed by atoms with Crippen molar-refractivity contribution in [2.45, 2.75) is 13.0 Å². The number of nitrogens with zero attached hydrogens (tertiary/aromatic N) is 1. The van der Waals surface area contributed by atoms with Crippen LogP contribution in [0.25, 0.3) is 11.3 Å². The Morgan fingerprint density at radius 3 is 2.76 bits per heavy atom. The Morgan fingerprint density at radius 1 is 1.24 bits per heavy atom. The lowest BCUT2D eigenvalue weighted by molar-refractivity contribution is 0.0203. The number of halogens is 2. The molecule has 1 N–H and O–H groups in total. The third kappa shape index (κ3) is 4.55. The maximum Gasteiger partial charge on any atom is 0.287 e. The van der Waals surface area contributed by atoms with Gasteiger partial charge in [-0.1, -0.05) is 23.2 Å². The van der Waals surface area contributed by atoms with Gasteiger partial charge in [-0.25, -0.2) is 0 Å². The molecular formula is C18H20Cl2N2O3. The van der Waals surface area contributed by atoms with Crippen molar-refractivity contribution in [3.8, 4) is 11.3 Å². The minimum Gasteiger partial charge on any atom is -0.451 e. The van der Waals surface area contributed by atoms with Gasteiger partial charge < -0.3 is 14.5 Å². The van der Waals surface area contributed by atoms with Crippen LogP contribution in [0.3, 0.4) is 0 Å². The molecule has 2 aromatic rings. The molecule has 5 nitrogen and oxygen atoms in total. The van der Waals surface area contributed by atoms with Gasteiger partial charge in [-0.05, 0) is 37.3 Å². The first-order valence-corrected chi connectivity index (χ1v) is 8.95. The van der Waals surface area contributed by atoms with Gasteiger partial charge in [0.15, 0.2) is 5.76 Å². The number of carbonyl (C=O) groups is 1. The van der Waals surface area contributed by atoms with E-state index in [9.17, 15) is 4.79 Å². The van der Waals surface area contributed by atoms with Gasteiger partial charge in [-0.2, -0.15) is 0 Å². The normalized spacial score (nSPS) is 16.6. The Balaban J connectivity index is 1.61. The summed E-state index contributed by atoms with van der Waals surface area (Å²) in [6.07, 6.45) is 0. The number of morpholine rings is 1. The zero-order valence-corrected chi connectivity index (χ0v) is 15.4. The fourth-order valence-electron chi connectivity index (χ4n) is 2.77. The minimum atomic E-state index is -0.246. The number of rotatable bonds is 5. The summed E-state index contributed by atoms with van der Waals surface area (Å²) in [6.45, 7) is 5.88. The molecule has 0 aliphatic carbocycles. The van der Waals surface area contributed by atoms with Crippen LogP contribution in [0.5, 0.6) is 0 Å². The predicted molar refractivity (Wildman–Crippen MR) is 98.4 cm³/mol. The Labute approximate surface area is 156 Å². The van der Waals surface area contributed by atoms with Crippen LogP contribution in [0.15, 0.2) is 34.7 Å². The van der Waals surface area contributed by atoms with Crippen molar-refractivity contribution >= 4 is 29.1 Å². The molecule has 1 aliphatic heterocycles. The zero-order valence-electron chi connectivity index (χ0n) is 13.9. The van der Waals surface area contributed by atoms with Crippen molar-refractivity contribution < 1.29 is 13.9 Å². The Kier molecular flexibility index (Phi) is 6.02. The Hall–Kier alpha value is -1.53. The highest BCUT2D eigenvalue weighted by Gasteiger charge is 2.19. The molecule has 0 saturated carbocycles. The first kappa shape index (κ1) is 18.3. The lowest BCUT2D eigenvalue weighted by Gasteiger charge is -2.32. The van der Waals surface area contributed by atoms with E-state index in [1.54, 1.807) is 30.3 Å². The number of hydrogen-bond acceptors (Lipinski definition) is 4. The fourth-order valence-corrected chi connectivity index (χ4v) is 3.15. The number of furan rings is 1. The molecule has 0 radical (unpaired) electrons. The first-order chi connectivity index (χ1) is 12.0. The van der Waals surface area contributed by atoms with E-state index in [4.69, 9.17) is 32.4 Å². The van der Waals surface area contributed by atoms with E-state index >= 15 is 0 Å². The number of benzene rings is 1. The maximum atomic E-state index is 12.3. The van der Waals surface area contributed by atoms with Gasteiger partial charge in [0.25, 0.3) is 5.91 Å². The van der Waals surface area contributed by atoms with Crippen LogP contribution >= 0.6 is 23.2 Å². The van der Waals surface area contributed by atoms with Gasteiger partial charge in [0.1, 0.15) is 5.76 Å². The number of nitrogens with one attached hydrogen (secondary N) is 1. The van der Waals surface area contributed by atoms with Gasteiger partial charge in [0.2, 0.25) is 0 Å². The highest BCUT2D eigenvalue weighted by atomic mass is 35.5. The van der Waals surface area contributed by atoms with E-state index in [0.29, 0.717) is 27.9 Å². The summed E-state index contributed by atoms with van der Waals surface area (Å²) >= 11 is 12.2. The number of amides is 1. The monoisotopic (exact) mass is 382 g/mol. The topological polar surface area (TPSA) is 54.7 Å². The van der Waals surface area contributed by atoms with Gasteiger partial charge >= 0.3 is 0 Å². The smallest absolute Gasteiger partial charge is 0.287 e. The lowest BCUT2D eigenvalue weighted by atomic mass is 10.2. The van der Waals surface area contributed by atoms with Crippen LogP contribution in [0.4, 0.5) is 0 Å². The van der Waals surface area contributed by atoms with Crippen LogP contribution in [0.2, 0.25) is 10.0 Å². The van der Waals surface area contributed by atoms with Crippen molar-refractivity contribution in [2.75, 3.05) is 32.8 Å². The molecule has 0 bridgehead atoms. The maximum absolute atomic E-state index is 12.3. The third-order valence-electron chi connectivity index (χ3n) is 4.25. The van der Waals surface area contributed by atoms with Gasteiger partial charge in [0.05, 0.1) is 18.2 Å². The van der Waals surface area contributed by atoms with Crippen molar-refractivity contribution in [3.63, 3.8) is 0 Å². The van der Waals surface area contributed by atoms with Crippen molar-refractivity contribution in [1.82, 2.24) is 10.2 Å². The summed E-state index contributed by atoms with van der Waals surface area (Å²) < 4.78 is 11.0. The van der Waals surface area contributed by atoms with Crippen molar-refractivity contribution in [2.24, 2.45) is 0 Å². The van der Waals surface area contributed by atoms with E-state index in [2.05, 4.69) is 17.1 Å². The average Bonchev–Trinajstić information content (AvgIpc) is 3.12. The third-order valence-corrected chi connectivity index (χ3v) is 4.82. The summed E-state index contributed by atoms with van der Waals surface area (Å²) in [5, 5.41) is 3.99. The molecule has 134 valence electrons.